The predicted octanol–water partition coefficient (Wildman–Crippen LogP) is 1.45. The minimum atomic E-state index is -1.34. The summed E-state index contributed by atoms with van der Waals surface area (Å²) in [4.78, 5) is 51.9. The Morgan fingerprint density at radius 1 is 0.625 bits per heavy atom. The first-order valence-electron chi connectivity index (χ1n) is 6.57. The molecule has 134 valence electrons. The number of ether oxygens (including phenoxy) is 4. The maximum atomic E-state index is 11.0. The summed E-state index contributed by atoms with van der Waals surface area (Å²) in [6.07, 6.45) is -2.68. The smallest absolute Gasteiger partial charge is 0.459 e. The molecule has 0 bridgehead atoms. The quantitative estimate of drug-likeness (QED) is 0.159. The third kappa shape index (κ3) is 10.7. The molecule has 0 aliphatic heterocycles. The Labute approximate surface area is 137 Å². The zero-order valence-electron chi connectivity index (χ0n) is 13.3. The van der Waals surface area contributed by atoms with Gasteiger partial charge in [-0.2, -0.15) is 19.4 Å². The van der Waals surface area contributed by atoms with E-state index in [1.165, 1.54) is 13.8 Å². The molecule has 0 unspecified atom stereocenters. The number of carbonyl (C=O) groups is 4. The first kappa shape index (κ1) is 21.0. The molecule has 0 amide bonds. The monoisotopic (exact) mass is 346 g/mol. The molecule has 0 saturated heterocycles. The fraction of sp³-hybridized carbons (Fsp3) is 0.429. The van der Waals surface area contributed by atoms with E-state index in [1.807, 2.05) is 0 Å². The number of hydrogen-bond acceptors (Lipinski definition) is 10. The van der Waals surface area contributed by atoms with Gasteiger partial charge in [-0.15, -0.1) is 0 Å². The number of esters is 2. The van der Waals surface area contributed by atoms with Crippen LogP contribution in [0, 0.1) is 0 Å². The Hall–Kier alpha value is -3.04. The van der Waals surface area contributed by atoms with Crippen LogP contribution in [-0.2, 0) is 38.3 Å². The Morgan fingerprint density at radius 3 is 1.21 bits per heavy atom. The number of hydrogen-bond donors (Lipinski definition) is 0. The topological polar surface area (TPSA) is 124 Å². The first-order valence-corrected chi connectivity index (χ1v) is 6.57. The van der Waals surface area contributed by atoms with Gasteiger partial charge in [0.05, 0.1) is 0 Å². The average Bonchev–Trinajstić information content (AvgIpc) is 2.52. The summed E-state index contributed by atoms with van der Waals surface area (Å²) in [5.41, 5.74) is 0.384. The van der Waals surface area contributed by atoms with Crippen molar-refractivity contribution in [2.24, 2.45) is 0 Å². The van der Waals surface area contributed by atoms with Gasteiger partial charge in [0.1, 0.15) is 26.4 Å². The molecule has 0 fully saturated rings. The van der Waals surface area contributed by atoms with Gasteiger partial charge in [0, 0.05) is 11.1 Å². The number of carbonyl (C=O) groups excluding carboxylic acids is 4. The van der Waals surface area contributed by atoms with E-state index in [0.717, 1.165) is 0 Å². The Kier molecular flexibility index (Phi) is 10.1. The molecule has 0 aromatic rings. The van der Waals surface area contributed by atoms with Crippen LogP contribution >= 0.6 is 0 Å². The molecule has 10 nitrogen and oxygen atoms in total. The summed E-state index contributed by atoms with van der Waals surface area (Å²) in [7, 11) is 0. The van der Waals surface area contributed by atoms with Gasteiger partial charge in [-0.05, 0) is 13.8 Å². The van der Waals surface area contributed by atoms with Crippen molar-refractivity contribution in [3.8, 4) is 0 Å². The van der Waals surface area contributed by atoms with Gasteiger partial charge in [-0.3, -0.25) is 0 Å². The van der Waals surface area contributed by atoms with Crippen LogP contribution in [0.2, 0.25) is 0 Å². The van der Waals surface area contributed by atoms with Gasteiger partial charge in [0.15, 0.2) is 0 Å². The lowest BCUT2D eigenvalue weighted by atomic mass is 10.4. The highest BCUT2D eigenvalue weighted by atomic mass is 17.3. The molecule has 0 spiro atoms. The standard InChI is InChI=1S/C14H18O10/c1-9(2)11(15)19-5-7-21-13(17)23-24-14(18)22-8-6-20-12(16)10(3)4/h1,3,5-8H2,2,4H3. The molecule has 0 aromatic heterocycles. The zero-order chi connectivity index (χ0) is 18.5. The fourth-order valence-electron chi connectivity index (χ4n) is 0.881. The van der Waals surface area contributed by atoms with E-state index >= 15 is 0 Å². The SMILES string of the molecule is C=C(C)C(=O)OCCOC(=O)OOC(=O)OCCOC(=O)C(=C)C. The van der Waals surface area contributed by atoms with Crippen LogP contribution in [0.15, 0.2) is 24.3 Å². The van der Waals surface area contributed by atoms with Gasteiger partial charge < -0.3 is 18.9 Å². The molecule has 0 aromatic carbocycles. The van der Waals surface area contributed by atoms with Crippen LogP contribution in [0.5, 0.6) is 0 Å². The second-order valence-electron chi connectivity index (χ2n) is 4.20. The molecule has 24 heavy (non-hydrogen) atoms. The first-order chi connectivity index (χ1) is 11.2. The maximum absolute atomic E-state index is 11.0. The van der Waals surface area contributed by atoms with Crippen molar-refractivity contribution in [1.82, 2.24) is 0 Å². The van der Waals surface area contributed by atoms with Crippen molar-refractivity contribution in [2.75, 3.05) is 26.4 Å². The van der Waals surface area contributed by atoms with Crippen molar-refractivity contribution < 1.29 is 47.9 Å². The molecule has 0 heterocycles. The van der Waals surface area contributed by atoms with Crippen molar-refractivity contribution in [3.63, 3.8) is 0 Å². The molecule has 0 rings (SSSR count). The van der Waals surface area contributed by atoms with E-state index in [9.17, 15) is 19.2 Å². The van der Waals surface area contributed by atoms with E-state index in [0.29, 0.717) is 0 Å². The highest BCUT2D eigenvalue weighted by Crippen LogP contribution is 1.95. The fourth-order valence-corrected chi connectivity index (χ4v) is 0.881. The van der Waals surface area contributed by atoms with Gasteiger partial charge in [-0.1, -0.05) is 13.2 Å². The van der Waals surface area contributed by atoms with Crippen molar-refractivity contribution in [2.45, 2.75) is 13.8 Å². The van der Waals surface area contributed by atoms with Crippen molar-refractivity contribution >= 4 is 24.2 Å². The Balaban J connectivity index is 3.66. The highest BCUT2D eigenvalue weighted by Gasteiger charge is 2.13. The Bertz CT molecular complexity index is 462. The summed E-state index contributed by atoms with van der Waals surface area (Å²) in [6, 6.07) is 0. The van der Waals surface area contributed by atoms with Crippen LogP contribution in [0.1, 0.15) is 13.8 Å². The molecule has 0 saturated carbocycles. The van der Waals surface area contributed by atoms with E-state index in [2.05, 4.69) is 41.9 Å². The van der Waals surface area contributed by atoms with E-state index in [1.54, 1.807) is 0 Å². The van der Waals surface area contributed by atoms with E-state index in [-0.39, 0.29) is 37.6 Å². The third-order valence-electron chi connectivity index (χ3n) is 1.95. The largest absolute Gasteiger partial charge is 0.550 e. The van der Waals surface area contributed by atoms with E-state index in [4.69, 9.17) is 0 Å². The molecule has 0 radical (unpaired) electrons. The maximum Gasteiger partial charge on any atom is 0.550 e. The lowest BCUT2D eigenvalue weighted by Crippen LogP contribution is -2.18. The van der Waals surface area contributed by atoms with Gasteiger partial charge >= 0.3 is 24.2 Å². The van der Waals surface area contributed by atoms with Gasteiger partial charge in [0.25, 0.3) is 0 Å². The molecule has 0 aliphatic carbocycles. The zero-order valence-corrected chi connectivity index (χ0v) is 13.3. The summed E-state index contributed by atoms with van der Waals surface area (Å²) in [5, 5.41) is 0. The average molecular weight is 346 g/mol. The van der Waals surface area contributed by atoms with E-state index < -0.39 is 24.2 Å². The summed E-state index contributed by atoms with van der Waals surface area (Å²) in [5.74, 6) is -1.28. The van der Waals surface area contributed by atoms with Crippen LogP contribution in [0.3, 0.4) is 0 Å². The van der Waals surface area contributed by atoms with Crippen LogP contribution in [0.25, 0.3) is 0 Å². The van der Waals surface area contributed by atoms with Crippen LogP contribution in [0.4, 0.5) is 9.59 Å². The van der Waals surface area contributed by atoms with Crippen LogP contribution in [-0.4, -0.2) is 50.7 Å². The minimum Gasteiger partial charge on any atom is -0.459 e. The van der Waals surface area contributed by atoms with Crippen molar-refractivity contribution in [3.05, 3.63) is 24.3 Å². The molecular formula is C14H18O10. The lowest BCUT2D eigenvalue weighted by molar-refractivity contribution is -0.219. The van der Waals surface area contributed by atoms with Gasteiger partial charge in [0.2, 0.25) is 0 Å². The molecule has 0 aliphatic rings. The summed E-state index contributed by atoms with van der Waals surface area (Å²) in [6.45, 7) is 8.55. The summed E-state index contributed by atoms with van der Waals surface area (Å²) >= 11 is 0. The summed E-state index contributed by atoms with van der Waals surface area (Å²) < 4.78 is 18.1. The van der Waals surface area contributed by atoms with Crippen LogP contribution < -0.4 is 0 Å². The predicted molar refractivity (Wildman–Crippen MR) is 76.4 cm³/mol. The molecule has 10 heteroatoms. The lowest BCUT2D eigenvalue weighted by Gasteiger charge is -2.06. The van der Waals surface area contributed by atoms with Gasteiger partial charge in [-0.25, -0.2) is 9.59 Å². The van der Waals surface area contributed by atoms with Crippen molar-refractivity contribution in [1.29, 1.82) is 0 Å². The highest BCUT2D eigenvalue weighted by molar-refractivity contribution is 5.87. The minimum absolute atomic E-state index is 0.192. The normalized spacial score (nSPS) is 9.25. The second-order valence-corrected chi connectivity index (χ2v) is 4.20. The Morgan fingerprint density at radius 2 is 0.917 bits per heavy atom. The second kappa shape index (κ2) is 11.5. The molecule has 0 N–H and O–H groups in total. The third-order valence-corrected chi connectivity index (χ3v) is 1.95. The number of rotatable bonds is 8. The molecule has 0 atom stereocenters. The molecular weight excluding hydrogens is 328 g/mol.